The van der Waals surface area contributed by atoms with Crippen molar-refractivity contribution in [1.82, 2.24) is 10.2 Å². The second-order valence-corrected chi connectivity index (χ2v) is 12.7. The zero-order valence-corrected chi connectivity index (χ0v) is 23.7. The lowest BCUT2D eigenvalue weighted by Gasteiger charge is -2.33. The third kappa shape index (κ3) is 7.39. The highest BCUT2D eigenvalue weighted by Gasteiger charge is 2.50. The Labute approximate surface area is 233 Å². The van der Waals surface area contributed by atoms with E-state index in [2.05, 4.69) is 10.6 Å². The van der Waals surface area contributed by atoms with Gasteiger partial charge in [-0.2, -0.15) is 0 Å². The molecule has 2 aromatic carbocycles. The number of aliphatic hydroxyl groups is 1. The fourth-order valence-corrected chi connectivity index (χ4v) is 5.65. The molecule has 3 atom stereocenters. The number of nitrogens with one attached hydrogen (secondary N) is 2. The third-order valence-corrected chi connectivity index (χ3v) is 8.32. The van der Waals surface area contributed by atoms with Crippen molar-refractivity contribution in [3.63, 3.8) is 0 Å². The minimum absolute atomic E-state index is 0.136. The number of thioether (sulfide) groups is 1. The number of hydrogen-bond donors (Lipinski definition) is 4. The Kier molecular flexibility index (Phi) is 9.45. The summed E-state index contributed by atoms with van der Waals surface area (Å²) < 4.78 is -0.633. The predicted molar refractivity (Wildman–Crippen MR) is 151 cm³/mol. The van der Waals surface area contributed by atoms with E-state index >= 15 is 0 Å². The summed E-state index contributed by atoms with van der Waals surface area (Å²) in [5, 5.41) is 26.3. The molecule has 0 spiro atoms. The molecule has 39 heavy (non-hydrogen) atoms. The van der Waals surface area contributed by atoms with Gasteiger partial charge >= 0.3 is 5.97 Å². The van der Waals surface area contributed by atoms with E-state index in [1.54, 1.807) is 6.07 Å². The molecule has 0 bridgehead atoms. The highest BCUT2D eigenvalue weighted by atomic mass is 32.2. The Bertz CT molecular complexity index is 1220. The Hall–Kier alpha value is -3.37. The summed E-state index contributed by atoms with van der Waals surface area (Å²) in [6.45, 7) is 8.49. The minimum Gasteiger partial charge on any atom is -0.481 e. The van der Waals surface area contributed by atoms with Crippen molar-refractivity contribution in [1.29, 1.82) is 0 Å². The van der Waals surface area contributed by atoms with Gasteiger partial charge in [0, 0.05) is 16.9 Å². The molecule has 0 radical (unpaired) electrons. The van der Waals surface area contributed by atoms with Crippen molar-refractivity contribution >= 4 is 41.1 Å². The van der Waals surface area contributed by atoms with Crippen LogP contribution in [0.1, 0.15) is 45.2 Å². The van der Waals surface area contributed by atoms with E-state index in [4.69, 9.17) is 0 Å². The topological polar surface area (TPSA) is 136 Å². The van der Waals surface area contributed by atoms with Crippen LogP contribution in [0.5, 0.6) is 0 Å². The molecule has 4 N–H and O–H groups in total. The average molecular weight is 556 g/mol. The van der Waals surface area contributed by atoms with Gasteiger partial charge in [0.2, 0.25) is 11.8 Å². The first-order valence-corrected chi connectivity index (χ1v) is 13.8. The van der Waals surface area contributed by atoms with Crippen molar-refractivity contribution in [2.24, 2.45) is 5.41 Å². The van der Waals surface area contributed by atoms with Crippen molar-refractivity contribution in [3.05, 3.63) is 65.7 Å². The highest BCUT2D eigenvalue weighted by molar-refractivity contribution is 8.00. The van der Waals surface area contributed by atoms with Crippen molar-refractivity contribution < 1.29 is 29.4 Å². The molecule has 1 heterocycles. The summed E-state index contributed by atoms with van der Waals surface area (Å²) in [7, 11) is 0. The van der Waals surface area contributed by atoms with Crippen LogP contribution in [0.2, 0.25) is 0 Å². The molecule has 3 rings (SSSR count). The summed E-state index contributed by atoms with van der Waals surface area (Å²) in [6, 6.07) is 14.5. The highest BCUT2D eigenvalue weighted by Crippen LogP contribution is 2.40. The molecule has 0 aliphatic carbocycles. The predicted octanol–water partition coefficient (Wildman–Crippen LogP) is 3.20. The van der Waals surface area contributed by atoms with Crippen LogP contribution in [-0.2, 0) is 25.6 Å². The van der Waals surface area contributed by atoms with Gasteiger partial charge in [-0.25, -0.2) is 0 Å². The lowest BCUT2D eigenvalue weighted by atomic mass is 9.89. The molecular weight excluding hydrogens is 518 g/mol. The molecule has 0 aromatic heterocycles. The summed E-state index contributed by atoms with van der Waals surface area (Å²) in [5.74, 6) is -2.59. The Morgan fingerprint density at radius 1 is 1.08 bits per heavy atom. The maximum absolute atomic E-state index is 13.7. The van der Waals surface area contributed by atoms with E-state index in [1.807, 2.05) is 69.3 Å². The fourth-order valence-electron chi connectivity index (χ4n) is 4.51. The molecule has 210 valence electrons. The second kappa shape index (κ2) is 12.2. The van der Waals surface area contributed by atoms with Crippen molar-refractivity contribution in [3.8, 4) is 0 Å². The number of anilines is 1. The van der Waals surface area contributed by atoms with Gasteiger partial charge in [0.05, 0.1) is 17.3 Å². The van der Waals surface area contributed by atoms with Gasteiger partial charge in [-0.15, -0.1) is 11.8 Å². The van der Waals surface area contributed by atoms with Gasteiger partial charge in [0.25, 0.3) is 5.91 Å². The van der Waals surface area contributed by atoms with Gasteiger partial charge < -0.3 is 25.7 Å². The summed E-state index contributed by atoms with van der Waals surface area (Å²) >= 11 is 1.43. The number of aryl methyl sites for hydroxylation is 1. The first-order valence-electron chi connectivity index (χ1n) is 12.8. The number of aliphatic hydroxyl groups excluding tert-OH is 1. The monoisotopic (exact) mass is 555 g/mol. The van der Waals surface area contributed by atoms with Crippen LogP contribution < -0.4 is 10.6 Å². The van der Waals surface area contributed by atoms with E-state index in [9.17, 15) is 29.4 Å². The molecular formula is C29H37N3O6S. The Morgan fingerprint density at radius 3 is 2.31 bits per heavy atom. The quantitative estimate of drug-likeness (QED) is 0.353. The van der Waals surface area contributed by atoms with E-state index in [0.29, 0.717) is 5.69 Å². The number of carboxylic acids is 1. The van der Waals surface area contributed by atoms with Crippen molar-refractivity contribution in [2.75, 3.05) is 11.2 Å². The standard InChI is InChI=1S/C29H37N3O6S/c1-18-11-9-10-14-20(18)31-25(35)24-29(4,5)39-17-32(24)26(36)23(34)21(15-19-12-7-6-8-13-19)30-22(33)16-28(2,3)27(37)38/h6-14,21,23-24,34H,15-17H2,1-5H3,(H,30,33)(H,31,35)(H,37,38)/t21-,23-,24+/m0/s1. The molecule has 1 saturated heterocycles. The molecule has 1 aliphatic rings. The van der Waals surface area contributed by atoms with Gasteiger partial charge in [0.1, 0.15) is 6.04 Å². The number of para-hydroxylation sites is 1. The van der Waals surface area contributed by atoms with Crippen LogP contribution in [-0.4, -0.2) is 67.6 Å². The summed E-state index contributed by atoms with van der Waals surface area (Å²) in [6.07, 6.45) is -1.86. The van der Waals surface area contributed by atoms with Crippen LogP contribution in [0.4, 0.5) is 5.69 Å². The van der Waals surface area contributed by atoms with Crippen LogP contribution in [0.15, 0.2) is 54.6 Å². The van der Waals surface area contributed by atoms with Gasteiger partial charge in [-0.3, -0.25) is 19.2 Å². The third-order valence-electron chi connectivity index (χ3n) is 6.94. The van der Waals surface area contributed by atoms with Crippen LogP contribution >= 0.6 is 11.8 Å². The van der Waals surface area contributed by atoms with E-state index in [1.165, 1.54) is 30.5 Å². The number of nitrogens with zero attached hydrogens (tertiary/aromatic N) is 1. The second-order valence-electron chi connectivity index (χ2n) is 11.1. The number of hydrogen-bond acceptors (Lipinski definition) is 6. The van der Waals surface area contributed by atoms with Crippen LogP contribution in [0, 0.1) is 12.3 Å². The number of rotatable bonds is 10. The molecule has 9 nitrogen and oxygen atoms in total. The maximum Gasteiger partial charge on any atom is 0.309 e. The number of aliphatic carboxylic acids is 1. The Balaban J connectivity index is 1.84. The summed E-state index contributed by atoms with van der Waals surface area (Å²) in [4.78, 5) is 52.9. The van der Waals surface area contributed by atoms with E-state index in [-0.39, 0.29) is 24.6 Å². The molecule has 3 amide bonds. The van der Waals surface area contributed by atoms with Gasteiger partial charge in [0.15, 0.2) is 6.10 Å². The first-order chi connectivity index (χ1) is 18.2. The first kappa shape index (κ1) is 30.2. The van der Waals surface area contributed by atoms with Crippen LogP contribution in [0.25, 0.3) is 0 Å². The lowest BCUT2D eigenvalue weighted by Crippen LogP contribution is -2.58. The molecule has 2 aromatic rings. The number of carbonyl (C=O) groups is 4. The maximum atomic E-state index is 13.7. The largest absolute Gasteiger partial charge is 0.481 e. The van der Waals surface area contributed by atoms with Gasteiger partial charge in [-0.05, 0) is 58.2 Å². The zero-order chi connectivity index (χ0) is 29.0. The fraction of sp³-hybridized carbons (Fsp3) is 0.448. The van der Waals surface area contributed by atoms with Crippen molar-refractivity contribution in [2.45, 2.75) is 70.4 Å². The smallest absolute Gasteiger partial charge is 0.309 e. The number of carboxylic acid groups (broad SMARTS) is 1. The Morgan fingerprint density at radius 2 is 1.69 bits per heavy atom. The van der Waals surface area contributed by atoms with E-state index in [0.717, 1.165) is 11.1 Å². The average Bonchev–Trinajstić information content (AvgIpc) is 3.19. The molecule has 10 heteroatoms. The lowest BCUT2D eigenvalue weighted by molar-refractivity contribution is -0.150. The van der Waals surface area contributed by atoms with Crippen LogP contribution in [0.3, 0.4) is 0 Å². The molecule has 0 saturated carbocycles. The molecule has 1 aliphatic heterocycles. The normalized spacial score (nSPS) is 18.2. The van der Waals surface area contributed by atoms with Gasteiger partial charge in [-0.1, -0.05) is 48.5 Å². The minimum atomic E-state index is -1.66. The molecule has 0 unspecified atom stereocenters. The zero-order valence-electron chi connectivity index (χ0n) is 22.9. The SMILES string of the molecule is Cc1ccccc1NC(=O)[C@H]1N(C(=O)[C@@H](O)[C@H](Cc2ccccc2)NC(=O)CC(C)(C)C(=O)O)CSC1(C)C. The number of carbonyl (C=O) groups excluding carboxylic acids is 3. The number of amides is 3. The number of benzene rings is 2. The van der Waals surface area contributed by atoms with E-state index < -0.39 is 46.1 Å². The summed E-state index contributed by atoms with van der Waals surface area (Å²) in [5.41, 5.74) is 0.961. The molecule has 1 fully saturated rings.